The van der Waals surface area contributed by atoms with Crippen LogP contribution in [0.25, 0.3) is 0 Å². The van der Waals surface area contributed by atoms with Crippen LogP contribution in [0.5, 0.6) is 0 Å². The minimum Gasteiger partial charge on any atom is -0.221 e. The Balaban J connectivity index is 2.73. The standard InChI is InChI=1S/C4H2ClF3/c5-4(8)1-2(4)3(6)7/h1H2. The van der Waals surface area contributed by atoms with Gasteiger partial charge in [-0.15, -0.1) is 0 Å². The Labute approximate surface area is 48.9 Å². The Kier molecular flexibility index (Phi) is 1.05. The normalized spacial score (nSPS) is 35.2. The Morgan fingerprint density at radius 2 is 2.00 bits per heavy atom. The number of rotatable bonds is 0. The summed E-state index contributed by atoms with van der Waals surface area (Å²) in [6.45, 7) is 0. The highest BCUT2D eigenvalue weighted by molar-refractivity contribution is 6.27. The molecule has 46 valence electrons. The van der Waals surface area contributed by atoms with Crippen molar-refractivity contribution >= 4 is 11.6 Å². The lowest BCUT2D eigenvalue weighted by Crippen LogP contribution is -1.81. The smallest absolute Gasteiger partial charge is 0.221 e. The summed E-state index contributed by atoms with van der Waals surface area (Å²) in [6.07, 6.45) is -2.31. The first-order valence-corrected chi connectivity index (χ1v) is 2.34. The molecule has 1 rings (SSSR count). The lowest BCUT2D eigenvalue weighted by atomic mass is 10.7. The van der Waals surface area contributed by atoms with Gasteiger partial charge >= 0.3 is 0 Å². The average Bonchev–Trinajstić information content (AvgIpc) is 2.13. The van der Waals surface area contributed by atoms with E-state index < -0.39 is 16.8 Å². The van der Waals surface area contributed by atoms with Crippen LogP contribution < -0.4 is 0 Å². The van der Waals surface area contributed by atoms with Crippen molar-refractivity contribution in [1.29, 1.82) is 0 Å². The van der Waals surface area contributed by atoms with Gasteiger partial charge in [-0.25, -0.2) is 4.39 Å². The molecule has 0 radical (unpaired) electrons. The third kappa shape index (κ3) is 0.823. The molecule has 1 aliphatic carbocycles. The predicted octanol–water partition coefficient (Wildman–Crippen LogP) is 2.45. The van der Waals surface area contributed by atoms with Gasteiger partial charge in [0, 0.05) is 6.42 Å². The van der Waals surface area contributed by atoms with Crippen LogP contribution in [0.2, 0.25) is 0 Å². The first-order valence-electron chi connectivity index (χ1n) is 1.96. The molecule has 0 spiro atoms. The molecule has 0 heterocycles. The molecule has 0 bridgehead atoms. The van der Waals surface area contributed by atoms with Crippen LogP contribution in [0.1, 0.15) is 6.42 Å². The van der Waals surface area contributed by atoms with E-state index in [0.717, 1.165) is 0 Å². The van der Waals surface area contributed by atoms with Gasteiger partial charge in [0.2, 0.25) is 5.13 Å². The fourth-order valence-corrected chi connectivity index (χ4v) is 0.588. The maximum atomic E-state index is 11.9. The first kappa shape index (κ1) is 5.95. The third-order valence-electron chi connectivity index (χ3n) is 0.943. The van der Waals surface area contributed by atoms with Gasteiger partial charge in [0.05, 0.1) is 5.57 Å². The van der Waals surface area contributed by atoms with Crippen molar-refractivity contribution < 1.29 is 13.2 Å². The molecule has 1 aliphatic rings. The van der Waals surface area contributed by atoms with Crippen LogP contribution >= 0.6 is 11.6 Å². The second-order valence-corrected chi connectivity index (χ2v) is 2.22. The van der Waals surface area contributed by atoms with Gasteiger partial charge < -0.3 is 0 Å². The molecular weight excluding hydrogens is 140 g/mol. The van der Waals surface area contributed by atoms with Crippen molar-refractivity contribution in [3.8, 4) is 0 Å². The van der Waals surface area contributed by atoms with Crippen molar-refractivity contribution in [2.24, 2.45) is 0 Å². The van der Waals surface area contributed by atoms with Crippen molar-refractivity contribution in [3.05, 3.63) is 11.7 Å². The summed E-state index contributed by atoms with van der Waals surface area (Å²) in [5.41, 5.74) is -0.570. The number of alkyl halides is 2. The fraction of sp³-hybridized carbons (Fsp3) is 0.500. The molecule has 1 fully saturated rings. The van der Waals surface area contributed by atoms with Gasteiger partial charge in [-0.3, -0.25) is 0 Å². The van der Waals surface area contributed by atoms with Gasteiger partial charge in [0.1, 0.15) is 0 Å². The summed E-state index contributed by atoms with van der Waals surface area (Å²) >= 11 is 4.80. The summed E-state index contributed by atoms with van der Waals surface area (Å²) in [4.78, 5) is 0. The van der Waals surface area contributed by atoms with Crippen molar-refractivity contribution in [2.45, 2.75) is 11.5 Å². The van der Waals surface area contributed by atoms with E-state index in [4.69, 9.17) is 11.6 Å². The minimum atomic E-state index is -2.21. The number of allylic oxidation sites excluding steroid dienone is 1. The summed E-state index contributed by atoms with van der Waals surface area (Å²) in [5.74, 6) is 0. The summed E-state index contributed by atoms with van der Waals surface area (Å²) < 4.78 is 34.5. The second-order valence-electron chi connectivity index (χ2n) is 1.62. The summed E-state index contributed by atoms with van der Waals surface area (Å²) in [7, 11) is 0. The van der Waals surface area contributed by atoms with E-state index in [2.05, 4.69) is 0 Å². The van der Waals surface area contributed by atoms with Gasteiger partial charge in [-0.2, -0.15) is 8.78 Å². The van der Waals surface area contributed by atoms with E-state index in [-0.39, 0.29) is 6.42 Å². The van der Waals surface area contributed by atoms with Crippen LogP contribution in [0.3, 0.4) is 0 Å². The lowest BCUT2D eigenvalue weighted by molar-refractivity contribution is 0.398. The van der Waals surface area contributed by atoms with Crippen LogP contribution in [-0.2, 0) is 0 Å². The molecule has 0 aromatic rings. The van der Waals surface area contributed by atoms with Crippen LogP contribution in [0, 0.1) is 0 Å². The molecule has 1 unspecified atom stereocenters. The predicted molar refractivity (Wildman–Crippen MR) is 23.6 cm³/mol. The van der Waals surface area contributed by atoms with Crippen LogP contribution in [0.15, 0.2) is 11.7 Å². The van der Waals surface area contributed by atoms with E-state index in [9.17, 15) is 13.2 Å². The van der Waals surface area contributed by atoms with Crippen molar-refractivity contribution in [3.63, 3.8) is 0 Å². The number of hydrogen-bond acceptors (Lipinski definition) is 0. The third-order valence-corrected chi connectivity index (χ3v) is 1.31. The molecular formula is C4H2ClF3. The number of hydrogen-bond donors (Lipinski definition) is 0. The molecule has 0 aromatic carbocycles. The molecule has 4 heteroatoms. The quantitative estimate of drug-likeness (QED) is 0.456. The minimum absolute atomic E-state index is 0.323. The lowest BCUT2D eigenvalue weighted by Gasteiger charge is -1.81. The molecule has 0 aromatic heterocycles. The van der Waals surface area contributed by atoms with E-state index in [0.29, 0.717) is 0 Å². The highest BCUT2D eigenvalue weighted by Crippen LogP contribution is 2.52. The Bertz CT molecular complexity index is 145. The van der Waals surface area contributed by atoms with Crippen LogP contribution in [-0.4, -0.2) is 5.13 Å². The highest BCUT2D eigenvalue weighted by Gasteiger charge is 2.51. The zero-order chi connectivity index (χ0) is 6.36. The summed E-state index contributed by atoms with van der Waals surface area (Å²) in [6, 6.07) is 0. The zero-order valence-corrected chi connectivity index (χ0v) is 4.47. The van der Waals surface area contributed by atoms with E-state index in [1.807, 2.05) is 0 Å². The van der Waals surface area contributed by atoms with Gasteiger partial charge in [-0.1, -0.05) is 11.6 Å². The molecule has 0 saturated heterocycles. The van der Waals surface area contributed by atoms with E-state index >= 15 is 0 Å². The maximum absolute atomic E-state index is 11.9. The summed E-state index contributed by atoms with van der Waals surface area (Å²) in [5, 5.41) is -2.21. The molecule has 0 nitrogen and oxygen atoms in total. The maximum Gasteiger partial charge on any atom is 0.274 e. The Morgan fingerprint density at radius 3 is 2.00 bits per heavy atom. The van der Waals surface area contributed by atoms with Crippen LogP contribution in [0.4, 0.5) is 13.2 Å². The Hall–Kier alpha value is -0.180. The second kappa shape index (κ2) is 1.41. The van der Waals surface area contributed by atoms with Crippen molar-refractivity contribution in [2.75, 3.05) is 0 Å². The average molecular weight is 143 g/mol. The van der Waals surface area contributed by atoms with Gasteiger partial charge in [-0.05, 0) is 0 Å². The molecule has 1 saturated carbocycles. The van der Waals surface area contributed by atoms with Gasteiger partial charge in [0.15, 0.2) is 0 Å². The SMILES string of the molecule is FC(F)=C1CC1(F)Cl. The Morgan fingerprint density at radius 1 is 1.62 bits per heavy atom. The largest absolute Gasteiger partial charge is 0.274 e. The number of halogens is 4. The van der Waals surface area contributed by atoms with E-state index in [1.54, 1.807) is 0 Å². The highest BCUT2D eigenvalue weighted by atomic mass is 35.5. The molecule has 8 heavy (non-hydrogen) atoms. The van der Waals surface area contributed by atoms with E-state index in [1.165, 1.54) is 0 Å². The topological polar surface area (TPSA) is 0 Å². The monoisotopic (exact) mass is 142 g/mol. The molecule has 0 N–H and O–H groups in total. The molecule has 1 atom stereocenters. The molecule has 0 aliphatic heterocycles. The fourth-order valence-electron chi connectivity index (χ4n) is 0.383. The zero-order valence-electron chi connectivity index (χ0n) is 3.72. The van der Waals surface area contributed by atoms with Crippen molar-refractivity contribution in [1.82, 2.24) is 0 Å². The first-order chi connectivity index (χ1) is 3.54. The molecule has 0 amide bonds. The van der Waals surface area contributed by atoms with Gasteiger partial charge in [0.25, 0.3) is 6.08 Å².